The minimum Gasteiger partial charge on any atom is -0.480 e. The number of carbonyl (C=O) groups is 2. The molecule has 0 aliphatic carbocycles. The Morgan fingerprint density at radius 2 is 2.13 bits per heavy atom. The van der Waals surface area contributed by atoms with E-state index in [9.17, 15) is 9.59 Å². The van der Waals surface area contributed by atoms with Crippen LogP contribution in [0.3, 0.4) is 0 Å². The van der Waals surface area contributed by atoms with E-state index < -0.39 is 11.9 Å². The molecule has 80 valence electrons. The summed E-state index contributed by atoms with van der Waals surface area (Å²) in [5.74, 6) is -1.68. The lowest BCUT2D eigenvalue weighted by Crippen LogP contribution is -2.18. The van der Waals surface area contributed by atoms with E-state index in [0.29, 0.717) is 10.7 Å². The number of amides is 1. The van der Waals surface area contributed by atoms with Crippen molar-refractivity contribution in [2.45, 2.75) is 0 Å². The standard InChI is InChI=1S/C9H9ClN2O3/c10-5-1-2-6(9(11)15)7(3-5)12-4-8(13)14/h1-3,12H,4H2,(H2,11,15)(H,13,14). The van der Waals surface area contributed by atoms with Crippen molar-refractivity contribution in [1.29, 1.82) is 0 Å². The van der Waals surface area contributed by atoms with Crippen molar-refractivity contribution in [2.24, 2.45) is 5.73 Å². The lowest BCUT2D eigenvalue weighted by molar-refractivity contribution is -0.134. The van der Waals surface area contributed by atoms with Crippen LogP contribution in [0.5, 0.6) is 0 Å². The Hall–Kier alpha value is -1.75. The molecule has 1 amide bonds. The van der Waals surface area contributed by atoms with Crippen LogP contribution in [-0.4, -0.2) is 23.5 Å². The highest BCUT2D eigenvalue weighted by atomic mass is 35.5. The number of carboxylic acid groups (broad SMARTS) is 1. The monoisotopic (exact) mass is 228 g/mol. The summed E-state index contributed by atoms with van der Waals surface area (Å²) in [6.07, 6.45) is 0. The fourth-order valence-corrected chi connectivity index (χ4v) is 1.22. The van der Waals surface area contributed by atoms with E-state index in [1.165, 1.54) is 18.2 Å². The topological polar surface area (TPSA) is 92.4 Å². The van der Waals surface area contributed by atoms with Gasteiger partial charge in [0.25, 0.3) is 5.91 Å². The summed E-state index contributed by atoms with van der Waals surface area (Å²) in [5.41, 5.74) is 5.63. The number of nitrogens with one attached hydrogen (secondary N) is 1. The summed E-state index contributed by atoms with van der Waals surface area (Å²) in [5, 5.41) is 11.4. The van der Waals surface area contributed by atoms with E-state index in [4.69, 9.17) is 22.4 Å². The normalized spacial score (nSPS) is 9.67. The van der Waals surface area contributed by atoms with E-state index in [1.54, 1.807) is 0 Å². The van der Waals surface area contributed by atoms with E-state index >= 15 is 0 Å². The highest BCUT2D eigenvalue weighted by Gasteiger charge is 2.09. The largest absolute Gasteiger partial charge is 0.480 e. The van der Waals surface area contributed by atoms with Crippen LogP contribution in [0.2, 0.25) is 5.02 Å². The van der Waals surface area contributed by atoms with Crippen LogP contribution in [-0.2, 0) is 4.79 Å². The Morgan fingerprint density at radius 1 is 1.47 bits per heavy atom. The molecular weight excluding hydrogens is 220 g/mol. The van der Waals surface area contributed by atoms with E-state index in [0.717, 1.165) is 0 Å². The van der Waals surface area contributed by atoms with Gasteiger partial charge in [-0.2, -0.15) is 0 Å². The Bertz CT molecular complexity index is 406. The zero-order valence-corrected chi connectivity index (χ0v) is 8.41. The first-order chi connectivity index (χ1) is 7.00. The number of aliphatic carboxylic acids is 1. The maximum Gasteiger partial charge on any atom is 0.322 e. The van der Waals surface area contributed by atoms with Gasteiger partial charge in [0.2, 0.25) is 0 Å². The minimum absolute atomic E-state index is 0.209. The van der Waals surface area contributed by atoms with Gasteiger partial charge in [0.15, 0.2) is 0 Å². The Balaban J connectivity index is 2.96. The summed E-state index contributed by atoms with van der Waals surface area (Å²) in [7, 11) is 0. The number of halogens is 1. The van der Waals surface area contributed by atoms with Gasteiger partial charge in [0.05, 0.1) is 5.56 Å². The molecule has 0 radical (unpaired) electrons. The van der Waals surface area contributed by atoms with Gasteiger partial charge < -0.3 is 16.2 Å². The van der Waals surface area contributed by atoms with Crippen molar-refractivity contribution >= 4 is 29.2 Å². The van der Waals surface area contributed by atoms with Crippen molar-refractivity contribution < 1.29 is 14.7 Å². The molecule has 0 saturated carbocycles. The number of carboxylic acids is 1. The summed E-state index contributed by atoms with van der Waals surface area (Å²) >= 11 is 5.70. The molecule has 1 aromatic rings. The summed E-state index contributed by atoms with van der Waals surface area (Å²) in [4.78, 5) is 21.3. The van der Waals surface area contributed by atoms with E-state index in [-0.39, 0.29) is 12.1 Å². The van der Waals surface area contributed by atoms with Crippen LogP contribution in [0.25, 0.3) is 0 Å². The summed E-state index contributed by atoms with van der Waals surface area (Å²) in [6.45, 7) is -0.305. The molecule has 6 heteroatoms. The maximum atomic E-state index is 11.0. The molecule has 1 rings (SSSR count). The highest BCUT2D eigenvalue weighted by Crippen LogP contribution is 2.20. The van der Waals surface area contributed by atoms with Crippen molar-refractivity contribution in [2.75, 3.05) is 11.9 Å². The first-order valence-electron chi connectivity index (χ1n) is 4.05. The first kappa shape index (κ1) is 11.3. The van der Waals surface area contributed by atoms with Gasteiger partial charge in [-0.15, -0.1) is 0 Å². The zero-order valence-electron chi connectivity index (χ0n) is 7.66. The molecule has 1 aromatic carbocycles. The minimum atomic E-state index is -1.04. The third-order valence-corrected chi connectivity index (χ3v) is 1.91. The predicted octanol–water partition coefficient (Wildman–Crippen LogP) is 0.935. The SMILES string of the molecule is NC(=O)c1ccc(Cl)cc1NCC(=O)O. The molecule has 0 aliphatic rings. The lowest BCUT2D eigenvalue weighted by Gasteiger charge is -2.08. The molecule has 0 aliphatic heterocycles. The Morgan fingerprint density at radius 3 is 2.67 bits per heavy atom. The van der Waals surface area contributed by atoms with Crippen LogP contribution in [0.4, 0.5) is 5.69 Å². The summed E-state index contributed by atoms with van der Waals surface area (Å²) in [6, 6.07) is 4.40. The molecule has 0 spiro atoms. The third kappa shape index (κ3) is 3.14. The fourth-order valence-electron chi connectivity index (χ4n) is 1.05. The number of rotatable bonds is 4. The lowest BCUT2D eigenvalue weighted by atomic mass is 10.1. The number of carbonyl (C=O) groups excluding carboxylic acids is 1. The van der Waals surface area contributed by atoms with E-state index in [2.05, 4.69) is 5.32 Å². The van der Waals surface area contributed by atoms with Gasteiger partial charge >= 0.3 is 5.97 Å². The molecule has 15 heavy (non-hydrogen) atoms. The average Bonchev–Trinajstić information content (AvgIpc) is 2.14. The van der Waals surface area contributed by atoms with Gasteiger partial charge in [-0.25, -0.2) is 0 Å². The van der Waals surface area contributed by atoms with Crippen LogP contribution >= 0.6 is 11.6 Å². The average molecular weight is 229 g/mol. The predicted molar refractivity (Wildman–Crippen MR) is 56.1 cm³/mol. The number of nitrogens with two attached hydrogens (primary N) is 1. The highest BCUT2D eigenvalue weighted by molar-refractivity contribution is 6.31. The fraction of sp³-hybridized carbons (Fsp3) is 0.111. The molecule has 0 atom stereocenters. The van der Waals surface area contributed by atoms with Crippen LogP contribution in [0.15, 0.2) is 18.2 Å². The third-order valence-electron chi connectivity index (χ3n) is 1.68. The number of benzene rings is 1. The zero-order chi connectivity index (χ0) is 11.4. The smallest absolute Gasteiger partial charge is 0.322 e. The molecule has 0 bridgehead atoms. The van der Waals surface area contributed by atoms with Crippen LogP contribution in [0, 0.1) is 0 Å². The number of anilines is 1. The second-order valence-corrected chi connectivity index (χ2v) is 3.24. The van der Waals surface area contributed by atoms with Crippen LogP contribution < -0.4 is 11.1 Å². The molecular formula is C9H9ClN2O3. The summed E-state index contributed by atoms with van der Waals surface area (Å²) < 4.78 is 0. The maximum absolute atomic E-state index is 11.0. The molecule has 0 fully saturated rings. The molecule has 0 aromatic heterocycles. The van der Waals surface area contributed by atoms with Crippen molar-refractivity contribution in [3.8, 4) is 0 Å². The van der Waals surface area contributed by atoms with Crippen molar-refractivity contribution in [1.82, 2.24) is 0 Å². The Kier molecular flexibility index (Phi) is 3.51. The number of primary amides is 1. The van der Waals surface area contributed by atoms with E-state index in [1.807, 2.05) is 0 Å². The van der Waals surface area contributed by atoms with Gasteiger partial charge in [0, 0.05) is 10.7 Å². The van der Waals surface area contributed by atoms with Gasteiger partial charge in [-0.1, -0.05) is 11.6 Å². The van der Waals surface area contributed by atoms with Gasteiger partial charge in [0.1, 0.15) is 6.54 Å². The molecule has 0 unspecified atom stereocenters. The molecule has 5 nitrogen and oxygen atoms in total. The van der Waals surface area contributed by atoms with Crippen molar-refractivity contribution in [3.05, 3.63) is 28.8 Å². The quantitative estimate of drug-likeness (QED) is 0.715. The first-order valence-corrected chi connectivity index (χ1v) is 4.43. The number of hydrogen-bond donors (Lipinski definition) is 3. The van der Waals surface area contributed by atoms with Crippen LogP contribution in [0.1, 0.15) is 10.4 Å². The van der Waals surface area contributed by atoms with Gasteiger partial charge in [-0.05, 0) is 18.2 Å². The molecule has 0 saturated heterocycles. The number of hydrogen-bond acceptors (Lipinski definition) is 3. The molecule has 0 heterocycles. The van der Waals surface area contributed by atoms with Crippen molar-refractivity contribution in [3.63, 3.8) is 0 Å². The van der Waals surface area contributed by atoms with Gasteiger partial charge in [-0.3, -0.25) is 9.59 Å². The second-order valence-electron chi connectivity index (χ2n) is 2.80. The Labute approximate surface area is 90.8 Å². The second kappa shape index (κ2) is 4.65. The molecule has 4 N–H and O–H groups in total.